The van der Waals surface area contributed by atoms with E-state index in [-0.39, 0.29) is 18.4 Å². The van der Waals surface area contributed by atoms with Crippen LogP contribution < -0.4 is 5.43 Å². The van der Waals surface area contributed by atoms with Crippen LogP contribution in [0.2, 0.25) is 0 Å². The first-order chi connectivity index (χ1) is 15.2. The topological polar surface area (TPSA) is 58.6 Å². The fourth-order valence-electron chi connectivity index (χ4n) is 3.59. The molecule has 0 radical (unpaired) electrons. The summed E-state index contributed by atoms with van der Waals surface area (Å²) in [5.74, 6) is -0.360. The Kier molecular flexibility index (Phi) is 22.3. The second kappa shape index (κ2) is 23.3. The highest BCUT2D eigenvalue weighted by atomic mass is 16.5. The number of carbonyl (C=O) groups is 2. The van der Waals surface area contributed by atoms with Crippen LogP contribution in [0, 0.1) is 0 Å². The first-order valence-corrected chi connectivity index (χ1v) is 12.9. The zero-order chi connectivity index (χ0) is 23.0. The summed E-state index contributed by atoms with van der Waals surface area (Å²) in [4.78, 5) is 24.4. The normalized spacial score (nSPS) is 11.2. The molecular formula is C26H50N2O3. The number of hydrogen-bond donors (Lipinski definition) is 1. The van der Waals surface area contributed by atoms with Crippen molar-refractivity contribution in [2.75, 3.05) is 13.7 Å². The van der Waals surface area contributed by atoms with Crippen LogP contribution in [0.25, 0.3) is 0 Å². The quantitative estimate of drug-likeness (QED) is 0.154. The molecule has 0 aromatic heterocycles. The minimum absolute atomic E-state index is 0.0485. The molecule has 0 atom stereocenters. The van der Waals surface area contributed by atoms with E-state index in [4.69, 9.17) is 4.74 Å². The molecule has 0 aliphatic heterocycles. The van der Waals surface area contributed by atoms with E-state index in [1.807, 2.05) is 6.08 Å². The van der Waals surface area contributed by atoms with Gasteiger partial charge in [-0.25, -0.2) is 5.01 Å². The molecule has 0 bridgehead atoms. The zero-order valence-corrected chi connectivity index (χ0v) is 20.8. The number of amides is 2. The molecular weight excluding hydrogens is 388 g/mol. The molecule has 0 aliphatic rings. The Hall–Kier alpha value is -1.36. The smallest absolute Gasteiger partial charge is 0.264 e. The van der Waals surface area contributed by atoms with E-state index in [0.29, 0.717) is 6.42 Å². The molecule has 5 nitrogen and oxygen atoms in total. The number of ether oxygens (including phenoxy) is 1. The predicted octanol–water partition coefficient (Wildman–Crippen LogP) is 7.07. The molecule has 182 valence electrons. The highest BCUT2D eigenvalue weighted by Gasteiger charge is 2.13. The molecule has 0 unspecified atom stereocenters. The Bertz CT molecular complexity index is 452. The summed E-state index contributed by atoms with van der Waals surface area (Å²) >= 11 is 0. The number of unbranched alkanes of at least 4 members (excludes halogenated alkanes) is 15. The first-order valence-electron chi connectivity index (χ1n) is 12.9. The third-order valence-electron chi connectivity index (χ3n) is 5.51. The van der Waals surface area contributed by atoms with Gasteiger partial charge in [0, 0.05) is 19.7 Å². The molecule has 0 heterocycles. The van der Waals surface area contributed by atoms with Crippen LogP contribution in [0.15, 0.2) is 12.3 Å². The van der Waals surface area contributed by atoms with Gasteiger partial charge in [0.15, 0.2) is 0 Å². The Labute approximate surface area is 192 Å². The van der Waals surface area contributed by atoms with Gasteiger partial charge in [-0.1, -0.05) is 110 Å². The number of carbonyl (C=O) groups excluding carboxylic acids is 2. The Morgan fingerprint density at radius 1 is 0.742 bits per heavy atom. The van der Waals surface area contributed by atoms with Gasteiger partial charge in [-0.3, -0.25) is 15.0 Å². The van der Waals surface area contributed by atoms with Gasteiger partial charge in [-0.05, 0) is 19.3 Å². The molecule has 0 aromatic rings. The average Bonchev–Trinajstić information content (AvgIpc) is 2.76. The summed E-state index contributed by atoms with van der Waals surface area (Å²) in [5.41, 5.74) is 2.65. The maximum atomic E-state index is 12.5. The maximum Gasteiger partial charge on any atom is 0.264 e. The molecule has 0 saturated carbocycles. The lowest BCUT2D eigenvalue weighted by Gasteiger charge is -2.19. The Morgan fingerprint density at radius 2 is 1.23 bits per heavy atom. The Morgan fingerprint density at radius 3 is 1.74 bits per heavy atom. The van der Waals surface area contributed by atoms with E-state index in [0.717, 1.165) is 25.7 Å². The molecule has 31 heavy (non-hydrogen) atoms. The summed E-state index contributed by atoms with van der Waals surface area (Å²) in [5, 5.41) is 1.35. The summed E-state index contributed by atoms with van der Waals surface area (Å²) < 4.78 is 4.86. The van der Waals surface area contributed by atoms with Crippen LogP contribution in [0.3, 0.4) is 0 Å². The van der Waals surface area contributed by atoms with Crippen LogP contribution in [-0.2, 0) is 14.3 Å². The highest BCUT2D eigenvalue weighted by molar-refractivity contribution is 5.83. The largest absolute Gasteiger partial charge is 0.375 e. The number of allylic oxidation sites excluding steroid dienone is 1. The average molecular weight is 439 g/mol. The van der Waals surface area contributed by atoms with Gasteiger partial charge >= 0.3 is 0 Å². The van der Waals surface area contributed by atoms with Crippen LogP contribution in [0.1, 0.15) is 129 Å². The Balaban J connectivity index is 4.07. The molecule has 0 aliphatic carbocycles. The maximum absolute atomic E-state index is 12.5. The number of nitrogens with zero attached hydrogens (tertiary/aromatic N) is 1. The monoisotopic (exact) mass is 438 g/mol. The van der Waals surface area contributed by atoms with Crippen molar-refractivity contribution in [1.29, 1.82) is 0 Å². The van der Waals surface area contributed by atoms with Gasteiger partial charge in [0.05, 0.1) is 0 Å². The number of methoxy groups -OCH3 is 1. The molecule has 0 saturated heterocycles. The molecule has 1 N–H and O–H groups in total. The van der Waals surface area contributed by atoms with Crippen molar-refractivity contribution in [3.63, 3.8) is 0 Å². The van der Waals surface area contributed by atoms with Crippen molar-refractivity contribution in [2.45, 2.75) is 129 Å². The summed E-state index contributed by atoms with van der Waals surface area (Å²) in [7, 11) is 1.48. The molecule has 0 fully saturated rings. The molecule has 0 aromatic carbocycles. The second-order valence-electron chi connectivity index (χ2n) is 8.60. The minimum Gasteiger partial charge on any atom is -0.375 e. The third kappa shape index (κ3) is 20.3. The highest BCUT2D eigenvalue weighted by Crippen LogP contribution is 2.12. The number of rotatable bonds is 21. The lowest BCUT2D eigenvalue weighted by molar-refractivity contribution is -0.139. The van der Waals surface area contributed by atoms with Crippen molar-refractivity contribution in [3.8, 4) is 0 Å². The fraction of sp³-hybridized carbons (Fsp3) is 0.846. The van der Waals surface area contributed by atoms with Crippen molar-refractivity contribution in [3.05, 3.63) is 12.3 Å². The van der Waals surface area contributed by atoms with Crippen LogP contribution in [0.5, 0.6) is 0 Å². The van der Waals surface area contributed by atoms with Crippen molar-refractivity contribution >= 4 is 11.8 Å². The minimum atomic E-state index is -0.303. The molecule has 0 rings (SSSR count). The van der Waals surface area contributed by atoms with E-state index < -0.39 is 0 Å². The van der Waals surface area contributed by atoms with Gasteiger partial charge in [-0.2, -0.15) is 0 Å². The molecule has 2 amide bonds. The van der Waals surface area contributed by atoms with Crippen LogP contribution in [0.4, 0.5) is 0 Å². The van der Waals surface area contributed by atoms with Gasteiger partial charge in [-0.15, -0.1) is 0 Å². The van der Waals surface area contributed by atoms with E-state index in [2.05, 4.69) is 19.3 Å². The predicted molar refractivity (Wildman–Crippen MR) is 130 cm³/mol. The number of nitrogens with one attached hydrogen (secondary N) is 1. The lowest BCUT2D eigenvalue weighted by atomic mass is 10.1. The van der Waals surface area contributed by atoms with Gasteiger partial charge in [0.1, 0.15) is 6.61 Å². The summed E-state index contributed by atoms with van der Waals surface area (Å²) in [6, 6.07) is 0. The lowest BCUT2D eigenvalue weighted by Crippen LogP contribution is -2.44. The van der Waals surface area contributed by atoms with Crippen molar-refractivity contribution < 1.29 is 14.3 Å². The van der Waals surface area contributed by atoms with Crippen LogP contribution in [-0.4, -0.2) is 30.5 Å². The van der Waals surface area contributed by atoms with Gasteiger partial charge in [0.2, 0.25) is 5.91 Å². The first kappa shape index (κ1) is 29.6. The zero-order valence-electron chi connectivity index (χ0n) is 20.8. The van der Waals surface area contributed by atoms with Crippen molar-refractivity contribution in [1.82, 2.24) is 10.4 Å². The van der Waals surface area contributed by atoms with Crippen LogP contribution >= 0.6 is 0 Å². The van der Waals surface area contributed by atoms with Gasteiger partial charge in [0.25, 0.3) is 5.91 Å². The van der Waals surface area contributed by atoms with Gasteiger partial charge < -0.3 is 4.74 Å². The second-order valence-corrected chi connectivity index (χ2v) is 8.60. The standard InChI is InChI=1S/C26H50N2O3/c1-4-6-8-10-12-13-14-15-16-17-19-21-23-28(27-25(29)24-31-3)26(30)22-20-18-11-9-7-5-2/h21,23H,4-20,22,24H2,1-3H3,(H,27,29)/b23-21+. The van der Waals surface area contributed by atoms with E-state index >= 15 is 0 Å². The summed E-state index contributed by atoms with van der Waals surface area (Å²) in [6.45, 7) is 4.41. The molecule has 0 spiro atoms. The van der Waals surface area contributed by atoms with E-state index in [1.54, 1.807) is 6.20 Å². The number of hydrogen-bond acceptors (Lipinski definition) is 3. The van der Waals surface area contributed by atoms with E-state index in [1.165, 1.54) is 95.6 Å². The van der Waals surface area contributed by atoms with E-state index in [9.17, 15) is 9.59 Å². The fourth-order valence-corrected chi connectivity index (χ4v) is 3.59. The SMILES string of the molecule is CCCCCCCCCCCC/C=C/N(NC(=O)COC)C(=O)CCCCCCCC. The summed E-state index contributed by atoms with van der Waals surface area (Å²) in [6.07, 6.45) is 25.1. The third-order valence-corrected chi connectivity index (χ3v) is 5.51. The number of hydrazine groups is 1. The van der Waals surface area contributed by atoms with Crippen molar-refractivity contribution in [2.24, 2.45) is 0 Å². The molecule has 5 heteroatoms.